The summed E-state index contributed by atoms with van der Waals surface area (Å²) in [5.41, 5.74) is 1.51. The van der Waals surface area contributed by atoms with E-state index in [0.717, 1.165) is 11.6 Å². The second kappa shape index (κ2) is 8.79. The normalized spacial score (nSPS) is 10.2. The van der Waals surface area contributed by atoms with Crippen molar-refractivity contribution in [3.05, 3.63) is 81.7 Å². The third-order valence-corrected chi connectivity index (χ3v) is 4.10. The minimum absolute atomic E-state index is 0.00409. The Bertz CT molecular complexity index is 1140. The molecule has 8 nitrogen and oxygen atoms in total. The monoisotopic (exact) mass is 406 g/mol. The number of carbonyl (C=O) groups excluding carboxylic acids is 1. The summed E-state index contributed by atoms with van der Waals surface area (Å²) in [5.74, 6) is -0.916. The van der Waals surface area contributed by atoms with Crippen molar-refractivity contribution in [2.24, 2.45) is 0 Å². The van der Waals surface area contributed by atoms with Crippen LogP contribution in [-0.4, -0.2) is 15.9 Å². The number of rotatable bonds is 6. The number of nitrogens with one attached hydrogen (secondary N) is 1. The number of carbonyl (C=O) groups is 1. The van der Waals surface area contributed by atoms with Crippen LogP contribution in [-0.2, 0) is 16.1 Å². The van der Waals surface area contributed by atoms with E-state index in [1.807, 2.05) is 6.07 Å². The van der Waals surface area contributed by atoms with E-state index in [0.29, 0.717) is 11.3 Å². The molecule has 0 saturated carbocycles. The summed E-state index contributed by atoms with van der Waals surface area (Å²) in [6.07, 6.45) is 0. The van der Waals surface area contributed by atoms with Gasteiger partial charge in [0.25, 0.3) is 0 Å². The molecule has 0 aliphatic carbocycles. The summed E-state index contributed by atoms with van der Waals surface area (Å²) < 4.78 is 18.2. The molecule has 3 rings (SSSR count). The fourth-order valence-electron chi connectivity index (χ4n) is 2.65. The molecule has 2 aromatic carbocycles. The zero-order valence-electron chi connectivity index (χ0n) is 15.8. The van der Waals surface area contributed by atoms with E-state index in [2.05, 4.69) is 10.3 Å². The van der Waals surface area contributed by atoms with Gasteiger partial charge in [-0.25, -0.2) is 9.37 Å². The molecule has 0 atom stereocenters. The second-order valence-electron chi connectivity index (χ2n) is 6.23. The number of pyridine rings is 1. The Labute approximate surface area is 170 Å². The van der Waals surface area contributed by atoms with E-state index in [1.165, 1.54) is 31.2 Å². The van der Waals surface area contributed by atoms with E-state index in [1.54, 1.807) is 24.3 Å². The number of aromatic nitrogens is 1. The van der Waals surface area contributed by atoms with Gasteiger partial charge in [0.2, 0.25) is 5.82 Å². The zero-order valence-corrected chi connectivity index (χ0v) is 15.8. The van der Waals surface area contributed by atoms with Crippen LogP contribution in [0, 0.1) is 27.3 Å². The molecule has 0 spiro atoms. The Morgan fingerprint density at radius 1 is 1.23 bits per heavy atom. The Morgan fingerprint density at radius 3 is 2.47 bits per heavy atom. The van der Waals surface area contributed by atoms with Gasteiger partial charge < -0.3 is 10.1 Å². The number of anilines is 2. The smallest absolute Gasteiger partial charge is 0.313 e. The molecule has 0 bridgehead atoms. The van der Waals surface area contributed by atoms with Crippen LogP contribution in [0.2, 0.25) is 0 Å². The highest BCUT2D eigenvalue weighted by Crippen LogP contribution is 2.32. The number of hydrogen-bond donors (Lipinski definition) is 1. The van der Waals surface area contributed by atoms with Crippen molar-refractivity contribution in [1.29, 1.82) is 5.26 Å². The molecule has 0 fully saturated rings. The average Bonchev–Trinajstić information content (AvgIpc) is 2.73. The highest BCUT2D eigenvalue weighted by molar-refractivity contribution is 5.75. The lowest BCUT2D eigenvalue weighted by molar-refractivity contribution is -0.384. The number of halogens is 1. The average molecular weight is 406 g/mol. The van der Waals surface area contributed by atoms with Gasteiger partial charge in [0.05, 0.1) is 16.2 Å². The number of benzene rings is 2. The first-order valence-corrected chi connectivity index (χ1v) is 8.72. The minimum atomic E-state index is -0.639. The first-order valence-electron chi connectivity index (χ1n) is 8.72. The highest BCUT2D eigenvalue weighted by Gasteiger charge is 2.21. The van der Waals surface area contributed by atoms with Crippen LogP contribution >= 0.6 is 0 Å². The van der Waals surface area contributed by atoms with E-state index >= 15 is 0 Å². The van der Waals surface area contributed by atoms with E-state index < -0.39 is 16.7 Å². The summed E-state index contributed by atoms with van der Waals surface area (Å²) in [4.78, 5) is 26.0. The predicted octanol–water partition coefficient (Wildman–Crippen LogP) is 4.47. The molecule has 0 unspecified atom stereocenters. The van der Waals surface area contributed by atoms with Gasteiger partial charge in [-0.15, -0.1) is 0 Å². The molecule has 30 heavy (non-hydrogen) atoms. The van der Waals surface area contributed by atoms with Gasteiger partial charge in [-0.1, -0.05) is 12.1 Å². The van der Waals surface area contributed by atoms with Gasteiger partial charge in [0, 0.05) is 24.2 Å². The molecule has 9 heteroatoms. The molecule has 0 saturated heterocycles. The topological polar surface area (TPSA) is 118 Å². The Hall–Kier alpha value is -4.32. The largest absolute Gasteiger partial charge is 0.461 e. The lowest BCUT2D eigenvalue weighted by atomic mass is 10.1. The molecular weight excluding hydrogens is 391 g/mol. The maximum Gasteiger partial charge on any atom is 0.313 e. The minimum Gasteiger partial charge on any atom is -0.461 e. The van der Waals surface area contributed by atoms with Crippen molar-refractivity contribution < 1.29 is 18.8 Å². The van der Waals surface area contributed by atoms with E-state index in [4.69, 9.17) is 4.74 Å². The zero-order chi connectivity index (χ0) is 21.7. The number of ether oxygens (including phenoxy) is 1. The molecule has 1 aromatic heterocycles. The summed E-state index contributed by atoms with van der Waals surface area (Å²) in [5, 5.41) is 23.8. The number of nitrogens with zero attached hydrogens (tertiary/aromatic N) is 3. The van der Waals surface area contributed by atoms with Crippen molar-refractivity contribution in [3.8, 4) is 17.3 Å². The van der Waals surface area contributed by atoms with Crippen molar-refractivity contribution in [1.82, 2.24) is 4.98 Å². The molecule has 1 heterocycles. The molecule has 1 N–H and O–H groups in total. The Kier molecular flexibility index (Phi) is 5.98. The van der Waals surface area contributed by atoms with Gasteiger partial charge >= 0.3 is 11.7 Å². The van der Waals surface area contributed by atoms with Crippen LogP contribution in [0.4, 0.5) is 21.6 Å². The van der Waals surface area contributed by atoms with Crippen molar-refractivity contribution in [2.75, 3.05) is 5.32 Å². The second-order valence-corrected chi connectivity index (χ2v) is 6.23. The third-order valence-electron chi connectivity index (χ3n) is 4.10. The summed E-state index contributed by atoms with van der Waals surface area (Å²) in [7, 11) is 0. The van der Waals surface area contributed by atoms with Crippen LogP contribution < -0.4 is 5.32 Å². The molecule has 0 radical (unpaired) electrons. The highest BCUT2D eigenvalue weighted by atomic mass is 19.1. The van der Waals surface area contributed by atoms with Gasteiger partial charge in [-0.3, -0.25) is 14.9 Å². The predicted molar refractivity (Wildman–Crippen MR) is 106 cm³/mol. The molecule has 0 aliphatic rings. The van der Waals surface area contributed by atoms with Gasteiger partial charge in [-0.05, 0) is 42.0 Å². The summed E-state index contributed by atoms with van der Waals surface area (Å²) in [6.45, 7) is 1.42. The van der Waals surface area contributed by atoms with E-state index in [9.17, 15) is 24.6 Å². The summed E-state index contributed by atoms with van der Waals surface area (Å²) in [6, 6.07) is 15.0. The van der Waals surface area contributed by atoms with Crippen LogP contribution in [0.25, 0.3) is 11.3 Å². The third kappa shape index (κ3) is 4.74. The quantitative estimate of drug-likeness (QED) is 0.364. The van der Waals surface area contributed by atoms with Crippen LogP contribution in [0.15, 0.2) is 54.6 Å². The Morgan fingerprint density at radius 2 is 1.90 bits per heavy atom. The fraction of sp³-hybridized carbons (Fsp3) is 0.0952. The number of nitriles is 1. The van der Waals surface area contributed by atoms with Crippen LogP contribution in [0.5, 0.6) is 0 Å². The first-order chi connectivity index (χ1) is 14.4. The van der Waals surface area contributed by atoms with Gasteiger partial charge in [-0.2, -0.15) is 5.26 Å². The first kappa shape index (κ1) is 20.4. The molecule has 3 aromatic rings. The summed E-state index contributed by atoms with van der Waals surface area (Å²) >= 11 is 0. The van der Waals surface area contributed by atoms with E-state index in [-0.39, 0.29) is 29.4 Å². The maximum atomic E-state index is 13.2. The fourth-order valence-corrected chi connectivity index (χ4v) is 2.65. The van der Waals surface area contributed by atoms with Gasteiger partial charge in [0.15, 0.2) is 0 Å². The van der Waals surface area contributed by atoms with Crippen molar-refractivity contribution in [2.45, 2.75) is 13.5 Å². The molecular formula is C21H15FN4O4. The molecule has 0 amide bonds. The Balaban J connectivity index is 1.97. The number of esters is 1. The standard InChI is InChI=1S/C21H15FN4O4/c1-13(27)30-12-14-2-8-18(9-3-14)24-21-19(26(28)29)10-16(11-23)20(25-21)15-4-6-17(22)7-5-15/h2-10H,12H2,1H3,(H,24,25). The van der Waals surface area contributed by atoms with Crippen LogP contribution in [0.1, 0.15) is 18.1 Å². The lowest BCUT2D eigenvalue weighted by Crippen LogP contribution is -2.03. The maximum absolute atomic E-state index is 13.2. The SMILES string of the molecule is CC(=O)OCc1ccc(Nc2nc(-c3ccc(F)cc3)c(C#N)cc2[N+](=O)[O-])cc1. The number of nitro groups is 1. The van der Waals surface area contributed by atoms with Gasteiger partial charge in [0.1, 0.15) is 18.5 Å². The van der Waals surface area contributed by atoms with Crippen molar-refractivity contribution in [3.63, 3.8) is 0 Å². The lowest BCUT2D eigenvalue weighted by Gasteiger charge is -2.11. The number of hydrogen-bond acceptors (Lipinski definition) is 7. The molecule has 0 aliphatic heterocycles. The van der Waals surface area contributed by atoms with Crippen LogP contribution in [0.3, 0.4) is 0 Å². The molecule has 150 valence electrons. The van der Waals surface area contributed by atoms with Crippen molar-refractivity contribution >= 4 is 23.2 Å².